The number of hydrogen-bond acceptors (Lipinski definition) is 7. The molecule has 2 heterocycles. The fraction of sp³-hybridized carbons (Fsp3) is 0.0588. The van der Waals surface area contributed by atoms with Gasteiger partial charge in [-0.1, -0.05) is 0 Å². The van der Waals surface area contributed by atoms with Crippen LogP contribution in [0.15, 0.2) is 61.4 Å². The van der Waals surface area contributed by atoms with Gasteiger partial charge in [-0.05, 0) is 64.8 Å². The quantitative estimate of drug-likeness (QED) is 0.286. The Balaban J connectivity index is 1.60. The predicted molar refractivity (Wildman–Crippen MR) is 98.6 cm³/mol. The molecule has 1 aromatic carbocycles. The topological polar surface area (TPSA) is 110 Å². The molecule has 8 nitrogen and oxygen atoms in total. The minimum Gasteiger partial charge on any atom is -0.442 e. The average Bonchev–Trinajstić information content (AvgIpc) is 3.02. The number of benzene rings is 1. The third kappa shape index (κ3) is 4.67. The molecule has 0 saturated carbocycles. The molecule has 0 aliphatic heterocycles. The van der Waals surface area contributed by atoms with Crippen LogP contribution < -0.4 is 15.7 Å². The molecule has 0 unspecified atom stereocenters. The molecule has 3 rings (SSSR count). The van der Waals surface area contributed by atoms with Crippen molar-refractivity contribution >= 4 is 34.1 Å². The second-order valence-electron chi connectivity index (χ2n) is 5.17. The van der Waals surface area contributed by atoms with Crippen molar-refractivity contribution in [2.45, 2.75) is 6.92 Å². The van der Waals surface area contributed by atoms with Crippen molar-refractivity contribution < 1.29 is 13.9 Å². The molecule has 0 saturated heterocycles. The van der Waals surface area contributed by atoms with Gasteiger partial charge in [0, 0.05) is 11.8 Å². The molecule has 26 heavy (non-hydrogen) atoms. The Morgan fingerprint density at radius 3 is 2.73 bits per heavy atom. The SMILES string of the molecule is Cc1cc(=O)[nH]c(NN=Cc2ccc(OC(=O)c3ccc(Br)o3)cc2)n1. The Morgan fingerprint density at radius 1 is 1.31 bits per heavy atom. The standard InChI is InChI=1S/C17H13BrN4O4/c1-10-8-15(23)21-17(20-10)22-19-9-11-2-4-12(5-3-11)25-16(24)13-6-7-14(18)26-13/h2-9H,1H3,(H2,20,21,22,23). The van der Waals surface area contributed by atoms with Crippen molar-refractivity contribution in [3.8, 4) is 5.75 Å². The minimum absolute atomic E-state index is 0.103. The van der Waals surface area contributed by atoms with Gasteiger partial charge in [-0.15, -0.1) is 0 Å². The van der Waals surface area contributed by atoms with E-state index in [2.05, 4.69) is 36.4 Å². The maximum absolute atomic E-state index is 11.9. The van der Waals surface area contributed by atoms with Crippen LogP contribution in [0.2, 0.25) is 0 Å². The van der Waals surface area contributed by atoms with Crippen molar-refractivity contribution in [3.63, 3.8) is 0 Å². The van der Waals surface area contributed by atoms with Gasteiger partial charge in [-0.3, -0.25) is 9.78 Å². The first kappa shape index (κ1) is 17.6. The largest absolute Gasteiger partial charge is 0.442 e. The number of hydrogen-bond donors (Lipinski definition) is 2. The zero-order chi connectivity index (χ0) is 18.5. The summed E-state index contributed by atoms with van der Waals surface area (Å²) in [7, 11) is 0. The molecule has 0 radical (unpaired) electrons. The van der Waals surface area contributed by atoms with E-state index in [1.165, 1.54) is 18.3 Å². The smallest absolute Gasteiger partial charge is 0.379 e. The highest BCUT2D eigenvalue weighted by atomic mass is 79.9. The second kappa shape index (κ2) is 7.79. The van der Waals surface area contributed by atoms with E-state index in [-0.39, 0.29) is 17.3 Å². The minimum atomic E-state index is -0.590. The Hall–Kier alpha value is -3.20. The number of halogens is 1. The lowest BCUT2D eigenvalue weighted by atomic mass is 10.2. The Morgan fingerprint density at radius 2 is 2.08 bits per heavy atom. The van der Waals surface area contributed by atoms with Crippen molar-refractivity contribution in [3.05, 3.63) is 74.5 Å². The highest BCUT2D eigenvalue weighted by Crippen LogP contribution is 2.17. The molecule has 2 N–H and O–H groups in total. The second-order valence-corrected chi connectivity index (χ2v) is 5.95. The van der Waals surface area contributed by atoms with E-state index in [9.17, 15) is 9.59 Å². The average molecular weight is 417 g/mol. The number of aryl methyl sites for hydroxylation is 1. The summed E-state index contributed by atoms with van der Waals surface area (Å²) in [5, 5.41) is 4.00. The molecule has 0 amide bonds. The summed E-state index contributed by atoms with van der Waals surface area (Å²) in [6, 6.07) is 11.2. The van der Waals surface area contributed by atoms with E-state index >= 15 is 0 Å². The number of carbonyl (C=O) groups excluding carboxylic acids is 1. The van der Waals surface area contributed by atoms with E-state index in [4.69, 9.17) is 9.15 Å². The lowest BCUT2D eigenvalue weighted by Crippen LogP contribution is -2.10. The van der Waals surface area contributed by atoms with Crippen molar-refractivity contribution in [1.82, 2.24) is 9.97 Å². The number of furan rings is 1. The number of rotatable bonds is 5. The highest BCUT2D eigenvalue weighted by molar-refractivity contribution is 9.10. The van der Waals surface area contributed by atoms with Crippen LogP contribution >= 0.6 is 15.9 Å². The van der Waals surface area contributed by atoms with Crippen LogP contribution in [-0.4, -0.2) is 22.2 Å². The van der Waals surface area contributed by atoms with E-state index < -0.39 is 5.97 Å². The molecule has 0 atom stereocenters. The molecule has 0 fully saturated rings. The normalized spacial score (nSPS) is 10.8. The molecule has 0 bridgehead atoms. The van der Waals surface area contributed by atoms with Crippen LogP contribution in [0.5, 0.6) is 5.75 Å². The molecular weight excluding hydrogens is 404 g/mol. The summed E-state index contributed by atoms with van der Waals surface area (Å²) >= 11 is 3.13. The summed E-state index contributed by atoms with van der Waals surface area (Å²) in [6.45, 7) is 1.71. The van der Waals surface area contributed by atoms with Crippen LogP contribution in [0.25, 0.3) is 0 Å². The van der Waals surface area contributed by atoms with Gasteiger partial charge in [0.2, 0.25) is 11.7 Å². The molecule has 0 aliphatic carbocycles. The molecule has 3 aromatic rings. The molecular formula is C17H13BrN4O4. The van der Waals surface area contributed by atoms with Gasteiger partial charge in [-0.2, -0.15) is 5.10 Å². The summed E-state index contributed by atoms with van der Waals surface area (Å²) in [5.74, 6) is 0.137. The van der Waals surface area contributed by atoms with Crippen LogP contribution in [0.4, 0.5) is 5.95 Å². The zero-order valence-electron chi connectivity index (χ0n) is 13.5. The van der Waals surface area contributed by atoms with Crippen molar-refractivity contribution in [1.29, 1.82) is 0 Å². The number of ether oxygens (including phenoxy) is 1. The molecule has 0 spiro atoms. The number of nitrogens with one attached hydrogen (secondary N) is 2. The van der Waals surface area contributed by atoms with Crippen LogP contribution in [0.1, 0.15) is 21.8 Å². The fourth-order valence-electron chi connectivity index (χ4n) is 2.00. The van der Waals surface area contributed by atoms with Gasteiger partial charge < -0.3 is 9.15 Å². The molecule has 2 aromatic heterocycles. The number of nitrogens with zero attached hydrogens (tertiary/aromatic N) is 2. The van der Waals surface area contributed by atoms with Crippen LogP contribution in [0, 0.1) is 6.92 Å². The fourth-order valence-corrected chi connectivity index (χ4v) is 2.31. The van der Waals surface area contributed by atoms with Gasteiger partial charge in [-0.25, -0.2) is 15.2 Å². The number of esters is 1. The van der Waals surface area contributed by atoms with Gasteiger partial charge in [0.05, 0.1) is 6.21 Å². The number of aromatic nitrogens is 2. The first-order chi connectivity index (χ1) is 12.5. The third-order valence-corrected chi connectivity index (χ3v) is 3.55. The monoisotopic (exact) mass is 416 g/mol. The Labute approximate surface area is 156 Å². The predicted octanol–water partition coefficient (Wildman–Crippen LogP) is 3.10. The first-order valence-electron chi connectivity index (χ1n) is 7.44. The van der Waals surface area contributed by atoms with E-state index in [1.807, 2.05) is 0 Å². The molecule has 132 valence electrons. The number of carbonyl (C=O) groups is 1. The number of aromatic amines is 1. The van der Waals surface area contributed by atoms with E-state index in [0.717, 1.165) is 5.56 Å². The van der Waals surface area contributed by atoms with Gasteiger partial charge in [0.25, 0.3) is 5.56 Å². The zero-order valence-corrected chi connectivity index (χ0v) is 15.1. The van der Waals surface area contributed by atoms with Gasteiger partial charge in [0.15, 0.2) is 4.67 Å². The lowest BCUT2D eigenvalue weighted by Gasteiger charge is -2.03. The van der Waals surface area contributed by atoms with Crippen LogP contribution in [-0.2, 0) is 0 Å². The van der Waals surface area contributed by atoms with E-state index in [1.54, 1.807) is 37.3 Å². The number of anilines is 1. The summed E-state index contributed by atoms with van der Waals surface area (Å²) in [6.07, 6.45) is 1.54. The Kier molecular flexibility index (Phi) is 5.28. The summed E-state index contributed by atoms with van der Waals surface area (Å²) in [4.78, 5) is 29.8. The van der Waals surface area contributed by atoms with Gasteiger partial charge >= 0.3 is 5.97 Å². The maximum atomic E-state index is 11.9. The number of hydrazone groups is 1. The van der Waals surface area contributed by atoms with E-state index in [0.29, 0.717) is 16.1 Å². The summed E-state index contributed by atoms with van der Waals surface area (Å²) in [5.41, 5.74) is 3.73. The van der Waals surface area contributed by atoms with Crippen molar-refractivity contribution in [2.75, 3.05) is 5.43 Å². The highest BCUT2D eigenvalue weighted by Gasteiger charge is 2.12. The Bertz CT molecular complexity index is 1010. The van der Waals surface area contributed by atoms with Crippen LogP contribution in [0.3, 0.4) is 0 Å². The first-order valence-corrected chi connectivity index (χ1v) is 8.23. The number of H-pyrrole nitrogens is 1. The molecule has 9 heteroatoms. The maximum Gasteiger partial charge on any atom is 0.379 e. The van der Waals surface area contributed by atoms with Gasteiger partial charge in [0.1, 0.15) is 5.75 Å². The summed E-state index contributed by atoms with van der Waals surface area (Å²) < 4.78 is 10.8. The molecule has 0 aliphatic rings. The lowest BCUT2D eigenvalue weighted by molar-refractivity contribution is 0.0700. The third-order valence-electron chi connectivity index (χ3n) is 3.12. The van der Waals surface area contributed by atoms with Crippen molar-refractivity contribution in [2.24, 2.45) is 5.10 Å².